The topological polar surface area (TPSA) is 64.4 Å². The van der Waals surface area contributed by atoms with Crippen LogP contribution in [-0.4, -0.2) is 23.0 Å². The van der Waals surface area contributed by atoms with Gasteiger partial charge >= 0.3 is 0 Å². The molecule has 35 heavy (non-hydrogen) atoms. The molecule has 0 saturated carbocycles. The first-order valence-electron chi connectivity index (χ1n) is 11.8. The minimum Gasteiger partial charge on any atom is -0.507 e. The van der Waals surface area contributed by atoms with Crippen LogP contribution in [-0.2, 0) is 4.79 Å². The van der Waals surface area contributed by atoms with E-state index in [1.54, 1.807) is 11.8 Å². The molecule has 1 unspecified atom stereocenters. The van der Waals surface area contributed by atoms with Crippen molar-refractivity contribution in [2.75, 3.05) is 11.2 Å². The number of anilines is 1. The summed E-state index contributed by atoms with van der Waals surface area (Å²) in [6.07, 6.45) is 3.99. The maximum atomic E-state index is 13.5. The van der Waals surface area contributed by atoms with Crippen molar-refractivity contribution < 1.29 is 9.90 Å². The molecule has 0 spiro atoms. The number of ketones is 1. The van der Waals surface area contributed by atoms with Gasteiger partial charge in [0.25, 0.3) is 0 Å². The van der Waals surface area contributed by atoms with Gasteiger partial charge in [-0.25, -0.2) is 0 Å². The Morgan fingerprint density at radius 3 is 2.34 bits per heavy atom. The maximum absolute atomic E-state index is 13.5. The van der Waals surface area contributed by atoms with Crippen LogP contribution in [0.25, 0.3) is 5.76 Å². The molecule has 1 heterocycles. The van der Waals surface area contributed by atoms with E-state index in [9.17, 15) is 15.3 Å². The van der Waals surface area contributed by atoms with Gasteiger partial charge in [-0.15, -0.1) is 11.8 Å². The average Bonchev–Trinajstić information content (AvgIpc) is 2.89. The van der Waals surface area contributed by atoms with Crippen molar-refractivity contribution in [3.8, 4) is 0 Å². The number of Topliss-reactive ketones (excluding diaryl/α,β-unsaturated/α-hetero) is 1. The van der Waals surface area contributed by atoms with Crippen molar-refractivity contribution in [2.45, 2.75) is 37.0 Å². The first-order valence-corrected chi connectivity index (χ1v) is 13.1. The lowest BCUT2D eigenvalue weighted by Crippen LogP contribution is -2.42. The quantitative estimate of drug-likeness (QED) is 0.304. The van der Waals surface area contributed by atoms with Crippen molar-refractivity contribution in [3.63, 3.8) is 0 Å². The van der Waals surface area contributed by atoms with Gasteiger partial charge in [0.05, 0.1) is 5.69 Å². The summed E-state index contributed by atoms with van der Waals surface area (Å²) in [5, 5.41) is 21.1. The van der Waals surface area contributed by atoms with Crippen LogP contribution in [0, 0.1) is 12.3 Å². The SMILES string of the molecule is CSc1ccc(C2C3=C(CCCC3=O)N(c3ccccc3C)C(=N)/C2=C(/O)c2ccccc2)cc1. The summed E-state index contributed by atoms with van der Waals surface area (Å²) in [6, 6.07) is 25.4. The number of aliphatic hydroxyl groups excluding tert-OH is 1. The zero-order chi connectivity index (χ0) is 24.5. The summed E-state index contributed by atoms with van der Waals surface area (Å²) in [5.41, 5.74) is 5.48. The molecule has 1 aliphatic carbocycles. The first kappa shape index (κ1) is 23.2. The number of nitrogens with one attached hydrogen (secondary N) is 1. The molecular weight excluding hydrogens is 452 g/mol. The molecule has 5 heteroatoms. The Bertz CT molecular complexity index is 1360. The van der Waals surface area contributed by atoms with Crippen LogP contribution in [0.5, 0.6) is 0 Å². The number of rotatable bonds is 4. The third-order valence-electron chi connectivity index (χ3n) is 6.86. The standard InChI is InChI=1S/C30H28N2O2S/c1-19-9-6-7-12-23(19)32-24-13-8-14-25(33)27(24)26(20-15-17-22(35-2)18-16-20)28(30(32)31)29(34)21-10-4-3-5-11-21/h3-7,9-12,15-18,26,31,34H,8,13-14H2,1-2H3/b29-28+,31-30?. The number of carbonyl (C=O) groups is 1. The van der Waals surface area contributed by atoms with E-state index in [1.165, 1.54) is 0 Å². The second-order valence-corrected chi connectivity index (χ2v) is 9.82. The number of hydrogen-bond donors (Lipinski definition) is 2. The van der Waals surface area contributed by atoms with Gasteiger partial charge in [-0.2, -0.15) is 0 Å². The third-order valence-corrected chi connectivity index (χ3v) is 7.61. The number of aryl methyl sites for hydroxylation is 1. The van der Waals surface area contributed by atoms with E-state index < -0.39 is 5.92 Å². The number of carbonyl (C=O) groups excluding carboxylic acids is 1. The number of amidine groups is 1. The summed E-state index contributed by atoms with van der Waals surface area (Å²) < 4.78 is 0. The van der Waals surface area contributed by atoms with Gasteiger partial charge in [0, 0.05) is 39.6 Å². The molecule has 5 rings (SSSR count). The molecule has 0 fully saturated rings. The van der Waals surface area contributed by atoms with E-state index in [0.29, 0.717) is 23.1 Å². The Balaban J connectivity index is 1.83. The number of hydrogen-bond acceptors (Lipinski definition) is 4. The fourth-order valence-corrected chi connectivity index (χ4v) is 5.56. The van der Waals surface area contributed by atoms with Gasteiger partial charge in [-0.3, -0.25) is 15.1 Å². The Kier molecular flexibility index (Phi) is 6.35. The number of nitrogens with zero attached hydrogens (tertiary/aromatic N) is 1. The molecule has 0 bridgehead atoms. The molecular formula is C30H28N2O2S. The van der Waals surface area contributed by atoms with Gasteiger partial charge in [-0.05, 0) is 55.3 Å². The summed E-state index contributed by atoms with van der Waals surface area (Å²) in [6.45, 7) is 2.02. The van der Waals surface area contributed by atoms with Crippen LogP contribution in [0.2, 0.25) is 0 Å². The smallest absolute Gasteiger partial charge is 0.161 e. The van der Waals surface area contributed by atoms with Crippen molar-refractivity contribution in [2.24, 2.45) is 0 Å². The number of benzene rings is 3. The molecule has 4 nitrogen and oxygen atoms in total. The summed E-state index contributed by atoms with van der Waals surface area (Å²) in [5.74, 6) is -0.151. The van der Waals surface area contributed by atoms with E-state index in [2.05, 4.69) is 0 Å². The van der Waals surface area contributed by atoms with Gasteiger partial charge in [0.1, 0.15) is 11.6 Å². The minimum absolute atomic E-state index is 0.0399. The third kappa shape index (κ3) is 4.10. The Morgan fingerprint density at radius 1 is 0.971 bits per heavy atom. The van der Waals surface area contributed by atoms with Gasteiger partial charge in [0.2, 0.25) is 0 Å². The molecule has 1 atom stereocenters. The van der Waals surface area contributed by atoms with Crippen LogP contribution >= 0.6 is 11.8 Å². The predicted octanol–water partition coefficient (Wildman–Crippen LogP) is 7.27. The molecule has 2 aliphatic rings. The molecule has 3 aromatic rings. The first-order chi connectivity index (χ1) is 17.0. The van der Waals surface area contributed by atoms with Crippen molar-refractivity contribution in [1.29, 1.82) is 5.41 Å². The Hall–Kier alpha value is -3.57. The van der Waals surface area contributed by atoms with Crippen molar-refractivity contribution in [3.05, 3.63) is 112 Å². The lowest BCUT2D eigenvalue weighted by Gasteiger charge is -2.42. The molecule has 0 saturated heterocycles. The lowest BCUT2D eigenvalue weighted by molar-refractivity contribution is -0.116. The summed E-state index contributed by atoms with van der Waals surface area (Å²) in [7, 11) is 0. The maximum Gasteiger partial charge on any atom is 0.161 e. The Labute approximate surface area is 210 Å². The molecule has 3 aromatic carbocycles. The van der Waals surface area contributed by atoms with Crippen LogP contribution in [0.4, 0.5) is 5.69 Å². The highest BCUT2D eigenvalue weighted by Gasteiger charge is 2.43. The summed E-state index contributed by atoms with van der Waals surface area (Å²) >= 11 is 1.66. The second kappa shape index (κ2) is 9.59. The zero-order valence-corrected chi connectivity index (χ0v) is 20.7. The monoisotopic (exact) mass is 480 g/mol. The highest BCUT2D eigenvalue weighted by Crippen LogP contribution is 2.48. The highest BCUT2D eigenvalue weighted by molar-refractivity contribution is 7.98. The molecule has 0 amide bonds. The average molecular weight is 481 g/mol. The largest absolute Gasteiger partial charge is 0.507 e. The minimum atomic E-state index is -0.498. The van der Waals surface area contributed by atoms with Crippen LogP contribution in [0.15, 0.2) is 101 Å². The normalized spacial score (nSPS) is 19.6. The predicted molar refractivity (Wildman–Crippen MR) is 144 cm³/mol. The summed E-state index contributed by atoms with van der Waals surface area (Å²) in [4.78, 5) is 16.6. The van der Waals surface area contributed by atoms with Crippen LogP contribution in [0.3, 0.4) is 0 Å². The number of para-hydroxylation sites is 1. The number of allylic oxidation sites excluding steroid dienone is 2. The van der Waals surface area contributed by atoms with Crippen LogP contribution in [0.1, 0.15) is 41.9 Å². The van der Waals surface area contributed by atoms with E-state index >= 15 is 0 Å². The van der Waals surface area contributed by atoms with Gasteiger partial charge in [0.15, 0.2) is 5.78 Å². The molecule has 1 aliphatic heterocycles. The lowest BCUT2D eigenvalue weighted by atomic mass is 9.73. The van der Waals surface area contributed by atoms with Gasteiger partial charge < -0.3 is 5.11 Å². The van der Waals surface area contributed by atoms with Crippen molar-refractivity contribution in [1.82, 2.24) is 0 Å². The molecule has 176 valence electrons. The van der Waals surface area contributed by atoms with E-state index in [-0.39, 0.29) is 17.4 Å². The van der Waals surface area contributed by atoms with E-state index in [4.69, 9.17) is 0 Å². The van der Waals surface area contributed by atoms with Crippen LogP contribution < -0.4 is 4.90 Å². The fourth-order valence-electron chi connectivity index (χ4n) is 5.15. The molecule has 0 aromatic heterocycles. The van der Waals surface area contributed by atoms with Gasteiger partial charge in [-0.1, -0.05) is 60.7 Å². The van der Waals surface area contributed by atoms with Crippen molar-refractivity contribution >= 4 is 34.8 Å². The Morgan fingerprint density at radius 2 is 1.66 bits per heavy atom. The number of thioether (sulfide) groups is 1. The zero-order valence-electron chi connectivity index (χ0n) is 19.9. The van der Waals surface area contributed by atoms with E-state index in [1.807, 2.05) is 96.9 Å². The fraction of sp³-hybridized carbons (Fsp3) is 0.200. The molecule has 0 radical (unpaired) electrons. The van der Waals surface area contributed by atoms with E-state index in [0.717, 1.165) is 40.2 Å². The number of aliphatic hydroxyl groups is 1. The second-order valence-electron chi connectivity index (χ2n) is 8.94. The molecule has 2 N–H and O–H groups in total. The highest BCUT2D eigenvalue weighted by atomic mass is 32.2.